The van der Waals surface area contributed by atoms with Gasteiger partial charge < -0.3 is 16.2 Å². The summed E-state index contributed by atoms with van der Waals surface area (Å²) in [5.41, 5.74) is 15.1. The molecule has 0 heterocycles. The average Bonchev–Trinajstić information content (AvgIpc) is 2.39. The molecule has 4 nitrogen and oxygen atoms in total. The number of nitrogen functional groups attached to an aromatic ring is 2. The van der Waals surface area contributed by atoms with Gasteiger partial charge in [0.15, 0.2) is 0 Å². The van der Waals surface area contributed by atoms with Crippen LogP contribution in [-0.4, -0.2) is 13.1 Å². The number of hydrogen-bond donors (Lipinski definition) is 2. The SMILES string of the molecule is COC(=O)c1ccc(-c2ccccc2N)c(N)c1. The topological polar surface area (TPSA) is 78.3 Å². The highest BCUT2D eigenvalue weighted by atomic mass is 16.5. The summed E-state index contributed by atoms with van der Waals surface area (Å²) in [6.07, 6.45) is 0. The minimum Gasteiger partial charge on any atom is -0.465 e. The molecule has 92 valence electrons. The molecule has 0 radical (unpaired) electrons. The lowest BCUT2D eigenvalue weighted by Crippen LogP contribution is -2.03. The maximum Gasteiger partial charge on any atom is 0.337 e. The number of carbonyl (C=O) groups excluding carboxylic acids is 1. The van der Waals surface area contributed by atoms with E-state index in [1.165, 1.54) is 7.11 Å². The standard InChI is InChI=1S/C14H14N2O2/c1-18-14(17)9-6-7-11(13(16)8-9)10-4-2-3-5-12(10)15/h2-8H,15-16H2,1H3. The van der Waals surface area contributed by atoms with Gasteiger partial charge in [-0.1, -0.05) is 24.3 Å². The van der Waals surface area contributed by atoms with E-state index in [9.17, 15) is 4.79 Å². The van der Waals surface area contributed by atoms with Crippen LogP contribution < -0.4 is 11.5 Å². The molecule has 2 aromatic rings. The van der Waals surface area contributed by atoms with Crippen molar-refractivity contribution < 1.29 is 9.53 Å². The van der Waals surface area contributed by atoms with E-state index in [0.717, 1.165) is 11.1 Å². The fourth-order valence-electron chi connectivity index (χ4n) is 1.80. The van der Waals surface area contributed by atoms with E-state index < -0.39 is 5.97 Å². The summed E-state index contributed by atoms with van der Waals surface area (Å²) in [6, 6.07) is 12.5. The van der Waals surface area contributed by atoms with Crippen molar-refractivity contribution in [1.82, 2.24) is 0 Å². The van der Waals surface area contributed by atoms with Gasteiger partial charge in [0.25, 0.3) is 0 Å². The van der Waals surface area contributed by atoms with Crippen LogP contribution >= 0.6 is 0 Å². The van der Waals surface area contributed by atoms with E-state index in [1.54, 1.807) is 18.2 Å². The number of nitrogens with two attached hydrogens (primary N) is 2. The third-order valence-electron chi connectivity index (χ3n) is 2.72. The van der Waals surface area contributed by atoms with Crippen molar-refractivity contribution in [2.24, 2.45) is 0 Å². The lowest BCUT2D eigenvalue weighted by molar-refractivity contribution is 0.0601. The van der Waals surface area contributed by atoms with E-state index in [2.05, 4.69) is 4.74 Å². The lowest BCUT2D eigenvalue weighted by Gasteiger charge is -2.09. The molecule has 0 amide bonds. The van der Waals surface area contributed by atoms with Crippen LogP contribution in [0.25, 0.3) is 11.1 Å². The first kappa shape index (κ1) is 12.0. The summed E-state index contributed by atoms with van der Waals surface area (Å²) in [4.78, 5) is 11.4. The van der Waals surface area contributed by atoms with E-state index in [-0.39, 0.29) is 0 Å². The highest BCUT2D eigenvalue weighted by Crippen LogP contribution is 2.31. The Morgan fingerprint density at radius 3 is 2.28 bits per heavy atom. The van der Waals surface area contributed by atoms with Gasteiger partial charge in [0, 0.05) is 22.5 Å². The highest BCUT2D eigenvalue weighted by molar-refractivity contribution is 5.93. The Kier molecular flexibility index (Phi) is 3.19. The first-order chi connectivity index (χ1) is 8.63. The van der Waals surface area contributed by atoms with Crippen LogP contribution in [0.2, 0.25) is 0 Å². The molecule has 0 atom stereocenters. The van der Waals surface area contributed by atoms with Crippen molar-refractivity contribution in [3.05, 3.63) is 48.0 Å². The number of esters is 1. The van der Waals surface area contributed by atoms with Gasteiger partial charge in [-0.05, 0) is 18.2 Å². The average molecular weight is 242 g/mol. The van der Waals surface area contributed by atoms with Gasteiger partial charge in [0.1, 0.15) is 0 Å². The molecule has 0 spiro atoms. The molecule has 0 bridgehead atoms. The number of ether oxygens (including phenoxy) is 1. The molecule has 2 rings (SSSR count). The number of anilines is 2. The first-order valence-corrected chi connectivity index (χ1v) is 5.46. The van der Waals surface area contributed by atoms with Crippen LogP contribution in [0.1, 0.15) is 10.4 Å². The second-order valence-corrected chi connectivity index (χ2v) is 3.88. The summed E-state index contributed by atoms with van der Waals surface area (Å²) < 4.78 is 4.64. The third-order valence-corrected chi connectivity index (χ3v) is 2.72. The fraction of sp³-hybridized carbons (Fsp3) is 0.0714. The van der Waals surface area contributed by atoms with Gasteiger partial charge in [-0.25, -0.2) is 4.79 Å². The second-order valence-electron chi connectivity index (χ2n) is 3.88. The van der Waals surface area contributed by atoms with E-state index >= 15 is 0 Å². The van der Waals surface area contributed by atoms with Crippen LogP contribution in [0.3, 0.4) is 0 Å². The van der Waals surface area contributed by atoms with Crippen LogP contribution in [0.4, 0.5) is 11.4 Å². The minimum atomic E-state index is -0.408. The highest BCUT2D eigenvalue weighted by Gasteiger charge is 2.10. The van der Waals surface area contributed by atoms with Crippen molar-refractivity contribution in [2.75, 3.05) is 18.6 Å². The monoisotopic (exact) mass is 242 g/mol. The summed E-state index contributed by atoms with van der Waals surface area (Å²) in [5.74, 6) is -0.408. The van der Waals surface area contributed by atoms with Gasteiger partial charge in [-0.2, -0.15) is 0 Å². The summed E-state index contributed by atoms with van der Waals surface area (Å²) in [5, 5.41) is 0. The number of benzene rings is 2. The summed E-state index contributed by atoms with van der Waals surface area (Å²) in [7, 11) is 1.33. The van der Waals surface area contributed by atoms with Crippen molar-refractivity contribution in [3.63, 3.8) is 0 Å². The minimum absolute atomic E-state index is 0.408. The van der Waals surface area contributed by atoms with E-state index in [0.29, 0.717) is 16.9 Å². The molecular formula is C14H14N2O2. The maximum absolute atomic E-state index is 11.4. The van der Waals surface area contributed by atoms with Gasteiger partial charge >= 0.3 is 5.97 Å². The Bertz CT molecular complexity index is 594. The smallest absolute Gasteiger partial charge is 0.337 e. The predicted octanol–water partition coefficient (Wildman–Crippen LogP) is 2.30. The molecule has 0 saturated carbocycles. The molecule has 0 unspecified atom stereocenters. The fourth-order valence-corrected chi connectivity index (χ4v) is 1.80. The zero-order valence-electron chi connectivity index (χ0n) is 10.0. The summed E-state index contributed by atoms with van der Waals surface area (Å²) in [6.45, 7) is 0. The van der Waals surface area contributed by atoms with Gasteiger partial charge in [0.05, 0.1) is 12.7 Å². The van der Waals surface area contributed by atoms with Crippen LogP contribution in [0.15, 0.2) is 42.5 Å². The number of hydrogen-bond acceptors (Lipinski definition) is 4. The quantitative estimate of drug-likeness (QED) is 0.625. The lowest BCUT2D eigenvalue weighted by atomic mass is 10.0. The van der Waals surface area contributed by atoms with Gasteiger partial charge in [-0.3, -0.25) is 0 Å². The Morgan fingerprint density at radius 2 is 1.67 bits per heavy atom. The maximum atomic E-state index is 11.4. The van der Waals surface area contributed by atoms with Crippen molar-refractivity contribution in [2.45, 2.75) is 0 Å². The van der Waals surface area contributed by atoms with Gasteiger partial charge in [-0.15, -0.1) is 0 Å². The molecule has 0 saturated heterocycles. The third kappa shape index (κ3) is 2.13. The molecule has 0 fully saturated rings. The molecule has 18 heavy (non-hydrogen) atoms. The number of para-hydroxylation sites is 1. The van der Waals surface area contributed by atoms with Crippen LogP contribution in [0, 0.1) is 0 Å². The van der Waals surface area contributed by atoms with Crippen molar-refractivity contribution in [1.29, 1.82) is 0 Å². The molecule has 0 aliphatic carbocycles. The molecule has 4 heteroatoms. The van der Waals surface area contributed by atoms with Crippen LogP contribution in [0.5, 0.6) is 0 Å². The second kappa shape index (κ2) is 4.79. The zero-order valence-corrected chi connectivity index (χ0v) is 10.0. The zero-order chi connectivity index (χ0) is 13.1. The molecule has 4 N–H and O–H groups in total. The molecule has 0 aliphatic rings. The van der Waals surface area contributed by atoms with Gasteiger partial charge in [0.2, 0.25) is 0 Å². The molecule has 0 aromatic heterocycles. The van der Waals surface area contributed by atoms with E-state index in [4.69, 9.17) is 11.5 Å². The molecule has 0 aliphatic heterocycles. The molecular weight excluding hydrogens is 228 g/mol. The predicted molar refractivity (Wildman–Crippen MR) is 72.0 cm³/mol. The largest absolute Gasteiger partial charge is 0.465 e. The number of methoxy groups -OCH3 is 1. The molecule has 2 aromatic carbocycles. The van der Waals surface area contributed by atoms with Crippen LogP contribution in [-0.2, 0) is 4.74 Å². The number of carbonyl (C=O) groups is 1. The van der Waals surface area contributed by atoms with Crippen molar-refractivity contribution in [3.8, 4) is 11.1 Å². The number of rotatable bonds is 2. The Labute approximate surface area is 105 Å². The Balaban J connectivity index is 2.49. The Morgan fingerprint density at radius 1 is 1.00 bits per heavy atom. The van der Waals surface area contributed by atoms with Crippen molar-refractivity contribution >= 4 is 17.3 Å². The normalized spacial score (nSPS) is 10.1. The van der Waals surface area contributed by atoms with E-state index in [1.807, 2.05) is 24.3 Å². The summed E-state index contributed by atoms with van der Waals surface area (Å²) >= 11 is 0. The Hall–Kier alpha value is -2.49. The first-order valence-electron chi connectivity index (χ1n) is 5.46.